The lowest BCUT2D eigenvalue weighted by Crippen LogP contribution is -2.43. The van der Waals surface area contributed by atoms with E-state index in [1.54, 1.807) is 0 Å². The summed E-state index contributed by atoms with van der Waals surface area (Å²) >= 11 is 0. The highest BCUT2D eigenvalue weighted by Gasteiger charge is 2.36. The molecule has 1 atom stereocenters. The molecule has 1 unspecified atom stereocenters. The number of nitrogens with zero attached hydrogens (tertiary/aromatic N) is 5. The Kier molecular flexibility index (Phi) is 4.99. The van der Waals surface area contributed by atoms with Crippen LogP contribution in [-0.4, -0.2) is 62.0 Å². The fourth-order valence-electron chi connectivity index (χ4n) is 3.43. The fraction of sp³-hybridized carbons (Fsp3) is 0.556. The van der Waals surface area contributed by atoms with E-state index in [1.165, 1.54) is 5.56 Å². The van der Waals surface area contributed by atoms with E-state index in [2.05, 4.69) is 44.3 Å². The first kappa shape index (κ1) is 17.1. The summed E-state index contributed by atoms with van der Waals surface area (Å²) in [5.41, 5.74) is 0.640. The lowest BCUT2D eigenvalue weighted by molar-refractivity contribution is 0.0154. The molecule has 1 fully saturated rings. The second-order valence-corrected chi connectivity index (χ2v) is 7.07. The number of aryl methyl sites for hydroxylation is 1. The lowest BCUT2D eigenvalue weighted by Gasteiger charge is -2.28. The summed E-state index contributed by atoms with van der Waals surface area (Å²) in [4.78, 5) is 4.46. The van der Waals surface area contributed by atoms with Crippen LogP contribution in [0.25, 0.3) is 0 Å². The third-order valence-corrected chi connectivity index (χ3v) is 4.82. The molecule has 2 heterocycles. The molecule has 1 aliphatic rings. The van der Waals surface area contributed by atoms with Crippen molar-refractivity contribution < 1.29 is 5.11 Å². The molecule has 0 amide bonds. The quantitative estimate of drug-likeness (QED) is 0.863. The van der Waals surface area contributed by atoms with Gasteiger partial charge in [-0.25, -0.2) is 0 Å². The Bertz CT molecular complexity index is 671. The zero-order chi connectivity index (χ0) is 17.2. The number of β-amino-alcohol motifs (C(OH)–C–C–N with tert-alkyl or cyclic N) is 1. The van der Waals surface area contributed by atoms with E-state index in [0.29, 0.717) is 19.6 Å². The van der Waals surface area contributed by atoms with E-state index in [4.69, 9.17) is 0 Å². The van der Waals surface area contributed by atoms with Crippen molar-refractivity contribution in [2.75, 3.05) is 26.7 Å². The number of aliphatic hydroxyl groups is 1. The molecule has 1 aromatic heterocycles. The van der Waals surface area contributed by atoms with Gasteiger partial charge in [0, 0.05) is 33.2 Å². The highest BCUT2D eigenvalue weighted by Crippen LogP contribution is 2.24. The maximum Gasteiger partial charge on any atom is 0.146 e. The van der Waals surface area contributed by atoms with Gasteiger partial charge in [-0.15, -0.1) is 10.2 Å². The van der Waals surface area contributed by atoms with Crippen molar-refractivity contribution in [3.8, 4) is 0 Å². The van der Waals surface area contributed by atoms with E-state index in [-0.39, 0.29) is 0 Å². The summed E-state index contributed by atoms with van der Waals surface area (Å²) in [6.07, 6.45) is 0.808. The highest BCUT2D eigenvalue weighted by molar-refractivity contribution is 5.15. The van der Waals surface area contributed by atoms with Gasteiger partial charge < -0.3 is 9.67 Å². The molecule has 6 nitrogen and oxygen atoms in total. The van der Waals surface area contributed by atoms with Gasteiger partial charge in [0.25, 0.3) is 0 Å². The molecule has 0 spiro atoms. The number of aromatic nitrogens is 3. The third-order valence-electron chi connectivity index (χ3n) is 4.82. The number of benzene rings is 1. The van der Waals surface area contributed by atoms with E-state index in [9.17, 15) is 5.11 Å². The number of rotatable bonds is 6. The molecule has 1 aromatic carbocycles. The van der Waals surface area contributed by atoms with Gasteiger partial charge >= 0.3 is 0 Å². The van der Waals surface area contributed by atoms with Crippen LogP contribution in [0.2, 0.25) is 0 Å². The third kappa shape index (κ3) is 4.01. The summed E-state index contributed by atoms with van der Waals surface area (Å²) in [5, 5.41) is 19.2. The summed E-state index contributed by atoms with van der Waals surface area (Å²) in [6.45, 7) is 5.83. The second-order valence-electron chi connectivity index (χ2n) is 7.07. The fourth-order valence-corrected chi connectivity index (χ4v) is 3.43. The summed E-state index contributed by atoms with van der Waals surface area (Å²) in [7, 11) is 4.01. The minimum atomic E-state index is -0.656. The normalized spacial score (nSPS) is 21.7. The molecule has 24 heavy (non-hydrogen) atoms. The number of likely N-dealkylation sites (N-methyl/N-ethyl adjacent to an activating group) is 1. The molecule has 6 heteroatoms. The van der Waals surface area contributed by atoms with Crippen molar-refractivity contribution in [3.63, 3.8) is 0 Å². The zero-order valence-electron chi connectivity index (χ0n) is 14.8. The molecule has 2 aromatic rings. The molecule has 0 saturated carbocycles. The van der Waals surface area contributed by atoms with Crippen LogP contribution in [0.4, 0.5) is 0 Å². The zero-order valence-corrected chi connectivity index (χ0v) is 14.8. The van der Waals surface area contributed by atoms with Gasteiger partial charge in [0.05, 0.1) is 12.1 Å². The first-order valence-corrected chi connectivity index (χ1v) is 8.47. The smallest absolute Gasteiger partial charge is 0.146 e. The molecular weight excluding hydrogens is 302 g/mol. The predicted molar refractivity (Wildman–Crippen MR) is 93.4 cm³/mol. The molecule has 1 aliphatic heterocycles. The molecule has 0 bridgehead atoms. The van der Waals surface area contributed by atoms with Gasteiger partial charge in [0.15, 0.2) is 0 Å². The Morgan fingerprint density at radius 2 is 2.00 bits per heavy atom. The Morgan fingerprint density at radius 3 is 2.67 bits per heavy atom. The molecule has 0 radical (unpaired) electrons. The van der Waals surface area contributed by atoms with Crippen molar-refractivity contribution in [1.29, 1.82) is 0 Å². The summed E-state index contributed by atoms with van der Waals surface area (Å²) < 4.78 is 2.00. The van der Waals surface area contributed by atoms with Crippen molar-refractivity contribution in [1.82, 2.24) is 24.6 Å². The Balaban J connectivity index is 1.54. The first-order valence-electron chi connectivity index (χ1n) is 8.47. The predicted octanol–water partition coefficient (Wildman–Crippen LogP) is 1.19. The van der Waals surface area contributed by atoms with Crippen LogP contribution in [0.3, 0.4) is 0 Å². The maximum absolute atomic E-state index is 10.9. The van der Waals surface area contributed by atoms with Crippen molar-refractivity contribution >= 4 is 0 Å². The number of likely N-dealkylation sites (tertiary alicyclic amines) is 1. The Morgan fingerprint density at radius 1 is 1.25 bits per heavy atom. The number of hydrogen-bond donors (Lipinski definition) is 1. The van der Waals surface area contributed by atoms with E-state index in [0.717, 1.165) is 31.2 Å². The van der Waals surface area contributed by atoms with E-state index in [1.807, 2.05) is 31.7 Å². The second kappa shape index (κ2) is 7.01. The van der Waals surface area contributed by atoms with Crippen LogP contribution < -0.4 is 0 Å². The molecule has 1 saturated heterocycles. The minimum absolute atomic E-state index is 0.643. The minimum Gasteiger partial charge on any atom is -0.387 e. The molecule has 3 rings (SSSR count). The number of hydrogen-bond acceptors (Lipinski definition) is 5. The monoisotopic (exact) mass is 329 g/mol. The van der Waals surface area contributed by atoms with Gasteiger partial charge in [-0.3, -0.25) is 9.80 Å². The van der Waals surface area contributed by atoms with Gasteiger partial charge in [-0.1, -0.05) is 30.3 Å². The summed E-state index contributed by atoms with van der Waals surface area (Å²) in [6, 6.07) is 10.4. The first-order chi connectivity index (χ1) is 11.5. The largest absolute Gasteiger partial charge is 0.387 e. The molecule has 0 aliphatic carbocycles. The van der Waals surface area contributed by atoms with Crippen LogP contribution in [0.5, 0.6) is 0 Å². The average Bonchev–Trinajstić information content (AvgIpc) is 3.05. The topological polar surface area (TPSA) is 57.4 Å². The van der Waals surface area contributed by atoms with Crippen molar-refractivity contribution in [3.05, 3.63) is 47.5 Å². The van der Waals surface area contributed by atoms with Gasteiger partial charge in [-0.2, -0.15) is 0 Å². The van der Waals surface area contributed by atoms with E-state index >= 15 is 0 Å². The standard InChI is InChI=1S/C18H27N5O/c1-15-19-20-17(22(15)3)12-21(2)13-18(24)9-10-23(14-18)11-16-7-5-4-6-8-16/h4-8,24H,9-14H2,1-3H3. The van der Waals surface area contributed by atoms with Crippen LogP contribution in [0.1, 0.15) is 23.6 Å². The van der Waals surface area contributed by atoms with Gasteiger partial charge in [-0.05, 0) is 26.0 Å². The van der Waals surface area contributed by atoms with Crippen molar-refractivity contribution in [2.24, 2.45) is 7.05 Å². The van der Waals surface area contributed by atoms with Crippen LogP contribution in [0, 0.1) is 6.92 Å². The van der Waals surface area contributed by atoms with Crippen LogP contribution in [0.15, 0.2) is 30.3 Å². The highest BCUT2D eigenvalue weighted by atomic mass is 16.3. The van der Waals surface area contributed by atoms with Gasteiger partial charge in [0.2, 0.25) is 0 Å². The Hall–Kier alpha value is -1.76. The molecule has 130 valence electrons. The van der Waals surface area contributed by atoms with Crippen LogP contribution >= 0.6 is 0 Å². The molecule has 1 N–H and O–H groups in total. The SMILES string of the molecule is Cc1nnc(CN(C)CC2(O)CCN(Cc3ccccc3)C2)n1C. The average molecular weight is 329 g/mol. The lowest BCUT2D eigenvalue weighted by atomic mass is 10.0. The molecular formula is C18H27N5O. The summed E-state index contributed by atoms with van der Waals surface area (Å²) in [5.74, 6) is 1.84. The van der Waals surface area contributed by atoms with Crippen molar-refractivity contribution in [2.45, 2.75) is 32.0 Å². The van der Waals surface area contributed by atoms with Crippen LogP contribution in [-0.2, 0) is 20.1 Å². The maximum atomic E-state index is 10.9. The van der Waals surface area contributed by atoms with Gasteiger partial charge in [0.1, 0.15) is 11.6 Å². The Labute approximate surface area is 143 Å². The van der Waals surface area contributed by atoms with E-state index < -0.39 is 5.60 Å².